The Morgan fingerprint density at radius 1 is 1.28 bits per heavy atom. The smallest absolute Gasteiger partial charge is 0.325 e. The molecule has 10 heteroatoms. The summed E-state index contributed by atoms with van der Waals surface area (Å²) in [6, 6.07) is 2.44. The first-order valence-electron chi connectivity index (χ1n) is 7.28. The molecule has 0 aliphatic carbocycles. The van der Waals surface area contributed by atoms with E-state index in [2.05, 4.69) is 9.97 Å². The van der Waals surface area contributed by atoms with Crippen molar-refractivity contribution in [3.63, 3.8) is 0 Å². The van der Waals surface area contributed by atoms with Crippen LogP contribution in [0.4, 0.5) is 13.2 Å². The van der Waals surface area contributed by atoms with Gasteiger partial charge in [-0.3, -0.25) is 0 Å². The maximum absolute atomic E-state index is 12.8. The SMILES string of the molecule is CCS(=O)(=O)c1cc(C)sc1-c1nc2cc(C(F)(F)F)ncc2n1C. The van der Waals surface area contributed by atoms with Crippen LogP contribution >= 0.6 is 11.3 Å². The molecule has 0 amide bonds. The fraction of sp³-hybridized carbons (Fsp3) is 0.333. The standard InChI is InChI=1S/C15H14F3N3O2S2/c1-4-25(22,23)11-5-8(2)24-13(11)14-20-9-6-12(15(16,17)18)19-7-10(9)21(14)3/h5-7H,4H2,1-3H3. The van der Waals surface area contributed by atoms with Crippen LogP contribution in [0.3, 0.4) is 0 Å². The molecule has 134 valence electrons. The Morgan fingerprint density at radius 3 is 2.56 bits per heavy atom. The highest BCUT2D eigenvalue weighted by Gasteiger charge is 2.33. The van der Waals surface area contributed by atoms with Crippen molar-refractivity contribution in [3.8, 4) is 10.7 Å². The molecule has 0 unspecified atom stereocenters. The van der Waals surface area contributed by atoms with Gasteiger partial charge in [0, 0.05) is 11.9 Å². The zero-order valence-corrected chi connectivity index (χ0v) is 15.2. The number of pyridine rings is 1. The number of thiophene rings is 1. The van der Waals surface area contributed by atoms with E-state index in [0.29, 0.717) is 16.2 Å². The van der Waals surface area contributed by atoms with E-state index in [1.165, 1.54) is 11.3 Å². The van der Waals surface area contributed by atoms with Crippen molar-refractivity contribution in [2.75, 3.05) is 5.75 Å². The first-order chi connectivity index (χ1) is 11.5. The second-order valence-corrected chi connectivity index (χ2v) is 9.01. The number of halogens is 3. The van der Waals surface area contributed by atoms with Gasteiger partial charge in [0.25, 0.3) is 0 Å². The van der Waals surface area contributed by atoms with E-state index in [4.69, 9.17) is 0 Å². The summed E-state index contributed by atoms with van der Waals surface area (Å²) in [7, 11) is -1.86. The molecule has 3 rings (SSSR count). The maximum Gasteiger partial charge on any atom is 0.433 e. The van der Waals surface area contributed by atoms with Gasteiger partial charge in [-0.15, -0.1) is 11.3 Å². The van der Waals surface area contributed by atoms with Gasteiger partial charge in [0.15, 0.2) is 15.7 Å². The fourth-order valence-corrected chi connectivity index (χ4v) is 5.03. The minimum Gasteiger partial charge on any atom is -0.325 e. The average molecular weight is 389 g/mol. The fourth-order valence-electron chi connectivity index (χ4n) is 2.48. The number of hydrogen-bond donors (Lipinski definition) is 0. The van der Waals surface area contributed by atoms with Crippen molar-refractivity contribution in [3.05, 3.63) is 28.9 Å². The minimum atomic E-state index is -4.57. The first kappa shape index (κ1) is 17.9. The highest BCUT2D eigenvalue weighted by molar-refractivity contribution is 7.91. The van der Waals surface area contributed by atoms with E-state index in [-0.39, 0.29) is 16.2 Å². The quantitative estimate of drug-likeness (QED) is 0.683. The summed E-state index contributed by atoms with van der Waals surface area (Å²) in [4.78, 5) is 9.04. The third-order valence-electron chi connectivity index (χ3n) is 3.80. The maximum atomic E-state index is 12.8. The molecule has 0 aliphatic rings. The van der Waals surface area contributed by atoms with Gasteiger partial charge in [0.05, 0.1) is 32.8 Å². The topological polar surface area (TPSA) is 64.8 Å². The van der Waals surface area contributed by atoms with Gasteiger partial charge in [-0.1, -0.05) is 6.92 Å². The molecule has 0 spiro atoms. The van der Waals surface area contributed by atoms with Crippen molar-refractivity contribution in [1.29, 1.82) is 0 Å². The summed E-state index contributed by atoms with van der Waals surface area (Å²) in [6.45, 7) is 3.31. The van der Waals surface area contributed by atoms with Crippen molar-refractivity contribution in [1.82, 2.24) is 14.5 Å². The summed E-state index contributed by atoms with van der Waals surface area (Å²) in [5.74, 6) is 0.237. The number of rotatable bonds is 3. The average Bonchev–Trinajstić information content (AvgIpc) is 3.07. The summed E-state index contributed by atoms with van der Waals surface area (Å²) < 4.78 is 64.7. The number of hydrogen-bond acceptors (Lipinski definition) is 5. The number of aryl methyl sites for hydroxylation is 2. The first-order valence-corrected chi connectivity index (χ1v) is 9.74. The van der Waals surface area contributed by atoms with Crippen molar-refractivity contribution < 1.29 is 21.6 Å². The summed E-state index contributed by atoms with van der Waals surface area (Å²) in [5, 5.41) is 0. The zero-order valence-electron chi connectivity index (χ0n) is 13.5. The lowest BCUT2D eigenvalue weighted by Crippen LogP contribution is -2.07. The third kappa shape index (κ3) is 3.04. The second kappa shape index (κ2) is 5.80. The summed E-state index contributed by atoms with van der Waals surface area (Å²) in [5.41, 5.74) is -0.520. The molecular weight excluding hydrogens is 375 g/mol. The Bertz CT molecular complexity index is 1070. The molecule has 25 heavy (non-hydrogen) atoms. The Hall–Kier alpha value is -1.94. The number of aromatic nitrogens is 3. The van der Waals surface area contributed by atoms with Crippen molar-refractivity contribution in [2.45, 2.75) is 24.9 Å². The molecule has 0 saturated carbocycles. The highest BCUT2D eigenvalue weighted by atomic mass is 32.2. The lowest BCUT2D eigenvalue weighted by Gasteiger charge is -2.05. The number of fused-ring (bicyclic) bond motifs is 1. The number of alkyl halides is 3. The van der Waals surface area contributed by atoms with Crippen molar-refractivity contribution in [2.24, 2.45) is 7.05 Å². The number of nitrogens with zero attached hydrogens (tertiary/aromatic N) is 3. The van der Waals surface area contributed by atoms with Crippen LogP contribution in [0.25, 0.3) is 21.7 Å². The van der Waals surface area contributed by atoms with E-state index in [0.717, 1.165) is 17.1 Å². The normalized spacial score (nSPS) is 12.9. The van der Waals surface area contributed by atoms with E-state index in [1.54, 1.807) is 31.5 Å². The van der Waals surface area contributed by atoms with Crippen LogP contribution in [-0.2, 0) is 23.1 Å². The molecule has 0 atom stereocenters. The molecule has 0 saturated heterocycles. The van der Waals surface area contributed by atoms with Gasteiger partial charge in [0.1, 0.15) is 5.69 Å². The highest BCUT2D eigenvalue weighted by Crippen LogP contribution is 2.37. The molecule has 5 nitrogen and oxygen atoms in total. The van der Waals surface area contributed by atoms with E-state index in [9.17, 15) is 21.6 Å². The number of imidazole rings is 1. The molecule has 3 aromatic rings. The van der Waals surface area contributed by atoms with Crippen LogP contribution in [0.5, 0.6) is 0 Å². The molecule has 3 aromatic heterocycles. The molecule has 0 aromatic carbocycles. The third-order valence-corrected chi connectivity index (χ3v) is 6.72. The Kier molecular flexibility index (Phi) is 4.15. The Balaban J connectivity index is 2.26. The van der Waals surface area contributed by atoms with E-state index in [1.807, 2.05) is 0 Å². The van der Waals surface area contributed by atoms with Gasteiger partial charge in [0.2, 0.25) is 0 Å². The lowest BCUT2D eigenvalue weighted by molar-refractivity contribution is -0.141. The van der Waals surface area contributed by atoms with Gasteiger partial charge in [-0.25, -0.2) is 18.4 Å². The zero-order chi connectivity index (χ0) is 18.6. The number of sulfone groups is 1. The van der Waals surface area contributed by atoms with E-state index < -0.39 is 21.7 Å². The van der Waals surface area contributed by atoms with Crippen molar-refractivity contribution >= 4 is 32.2 Å². The van der Waals surface area contributed by atoms with Crippen LogP contribution < -0.4 is 0 Å². The van der Waals surface area contributed by atoms with Crippen LogP contribution in [0, 0.1) is 6.92 Å². The van der Waals surface area contributed by atoms with Crippen LogP contribution in [-0.4, -0.2) is 28.7 Å². The van der Waals surface area contributed by atoms with Crippen LogP contribution in [0.2, 0.25) is 0 Å². The summed E-state index contributed by atoms with van der Waals surface area (Å²) in [6.07, 6.45) is -3.47. The molecule has 0 fully saturated rings. The molecule has 0 bridgehead atoms. The van der Waals surface area contributed by atoms with Crippen LogP contribution in [0.1, 0.15) is 17.5 Å². The monoisotopic (exact) mass is 389 g/mol. The Morgan fingerprint density at radius 2 is 1.96 bits per heavy atom. The molecule has 0 N–H and O–H groups in total. The van der Waals surface area contributed by atoms with Gasteiger partial charge in [-0.05, 0) is 19.1 Å². The minimum absolute atomic E-state index is 0.0696. The van der Waals surface area contributed by atoms with E-state index >= 15 is 0 Å². The Labute approximate surface area is 146 Å². The largest absolute Gasteiger partial charge is 0.433 e. The van der Waals surface area contributed by atoms with Gasteiger partial charge in [-0.2, -0.15) is 13.2 Å². The predicted molar refractivity (Wildman–Crippen MR) is 89.3 cm³/mol. The van der Waals surface area contributed by atoms with Gasteiger partial charge < -0.3 is 4.57 Å². The van der Waals surface area contributed by atoms with Gasteiger partial charge >= 0.3 is 6.18 Å². The second-order valence-electron chi connectivity index (χ2n) is 5.50. The summed E-state index contributed by atoms with van der Waals surface area (Å²) >= 11 is 1.24. The lowest BCUT2D eigenvalue weighted by atomic mass is 10.3. The van der Waals surface area contributed by atoms with Crippen LogP contribution in [0.15, 0.2) is 23.2 Å². The predicted octanol–water partition coefficient (Wildman–Crippen LogP) is 3.82. The molecule has 3 heterocycles. The molecule has 0 radical (unpaired) electrons. The molecular formula is C15H14F3N3O2S2. The molecule has 0 aliphatic heterocycles.